The van der Waals surface area contributed by atoms with Gasteiger partial charge in [-0.3, -0.25) is 0 Å². The van der Waals surface area contributed by atoms with Crippen LogP contribution in [0, 0.1) is 18.7 Å². The number of halogens is 2. The third kappa shape index (κ3) is 3.19. The summed E-state index contributed by atoms with van der Waals surface area (Å²) in [5.41, 5.74) is 1.63. The average Bonchev–Trinajstić information content (AvgIpc) is 2.20. The van der Waals surface area contributed by atoms with Crippen LogP contribution in [0.3, 0.4) is 0 Å². The molecular formula is C13H19ClFN. The molecule has 1 rings (SSSR count). The minimum atomic E-state index is -0.242. The van der Waals surface area contributed by atoms with Crippen molar-refractivity contribution in [3.8, 4) is 0 Å². The maximum absolute atomic E-state index is 13.3. The molecule has 90 valence electrons. The number of hydrogen-bond donors (Lipinski definition) is 1. The average molecular weight is 244 g/mol. The SMILES string of the molecule is CNC(CC(C)C)c1cc(C)c(F)cc1Cl. The van der Waals surface area contributed by atoms with E-state index < -0.39 is 0 Å². The van der Waals surface area contributed by atoms with E-state index in [0.717, 1.165) is 12.0 Å². The maximum Gasteiger partial charge on any atom is 0.127 e. The van der Waals surface area contributed by atoms with Gasteiger partial charge in [-0.1, -0.05) is 31.5 Å². The van der Waals surface area contributed by atoms with Gasteiger partial charge >= 0.3 is 0 Å². The lowest BCUT2D eigenvalue weighted by Gasteiger charge is -2.20. The number of rotatable bonds is 4. The van der Waals surface area contributed by atoms with Gasteiger partial charge in [0.2, 0.25) is 0 Å². The van der Waals surface area contributed by atoms with E-state index in [1.54, 1.807) is 6.92 Å². The number of benzene rings is 1. The molecule has 0 aliphatic heterocycles. The summed E-state index contributed by atoms with van der Waals surface area (Å²) >= 11 is 6.08. The molecule has 0 saturated heterocycles. The Labute approximate surface area is 102 Å². The lowest BCUT2D eigenvalue weighted by atomic mass is 9.96. The lowest BCUT2D eigenvalue weighted by Crippen LogP contribution is -2.19. The zero-order valence-corrected chi connectivity index (χ0v) is 11.0. The highest BCUT2D eigenvalue weighted by Crippen LogP contribution is 2.29. The summed E-state index contributed by atoms with van der Waals surface area (Å²) in [6, 6.07) is 3.42. The molecule has 16 heavy (non-hydrogen) atoms. The Balaban J connectivity index is 3.05. The molecule has 3 heteroatoms. The van der Waals surface area contributed by atoms with Gasteiger partial charge < -0.3 is 5.32 Å². The van der Waals surface area contributed by atoms with Gasteiger partial charge in [-0.25, -0.2) is 4.39 Å². The van der Waals surface area contributed by atoms with Crippen molar-refractivity contribution >= 4 is 11.6 Å². The molecule has 0 aliphatic carbocycles. The molecule has 0 fully saturated rings. The van der Waals surface area contributed by atoms with Crippen molar-refractivity contribution in [2.45, 2.75) is 33.2 Å². The fourth-order valence-electron chi connectivity index (χ4n) is 1.82. The summed E-state index contributed by atoms with van der Waals surface area (Å²) in [6.45, 7) is 6.08. The van der Waals surface area contributed by atoms with E-state index in [9.17, 15) is 4.39 Å². The van der Waals surface area contributed by atoms with E-state index >= 15 is 0 Å². The van der Waals surface area contributed by atoms with E-state index in [4.69, 9.17) is 11.6 Å². The third-order valence-corrected chi connectivity index (χ3v) is 3.04. The molecule has 1 nitrogen and oxygen atoms in total. The van der Waals surface area contributed by atoms with Gasteiger partial charge in [0.25, 0.3) is 0 Å². The molecule has 0 amide bonds. The minimum Gasteiger partial charge on any atom is -0.313 e. The second-order valence-corrected chi connectivity index (χ2v) is 5.00. The molecule has 1 unspecified atom stereocenters. The van der Waals surface area contributed by atoms with E-state index in [0.29, 0.717) is 16.5 Å². The normalized spacial score (nSPS) is 13.2. The second kappa shape index (κ2) is 5.65. The standard InChI is InChI=1S/C13H19ClFN/c1-8(2)5-13(16-4)10-6-9(3)12(15)7-11(10)14/h6-8,13,16H,5H2,1-4H3. The van der Waals surface area contributed by atoms with Crippen molar-refractivity contribution in [2.24, 2.45) is 5.92 Å². The summed E-state index contributed by atoms with van der Waals surface area (Å²) < 4.78 is 13.3. The molecule has 0 aliphatic rings. The first-order valence-electron chi connectivity index (χ1n) is 5.58. The first-order valence-corrected chi connectivity index (χ1v) is 5.96. The molecule has 1 aromatic rings. The zero-order valence-electron chi connectivity index (χ0n) is 10.3. The smallest absolute Gasteiger partial charge is 0.127 e. The predicted octanol–water partition coefficient (Wildman–Crippen LogP) is 4.09. The number of aryl methyl sites for hydroxylation is 1. The van der Waals surface area contributed by atoms with Crippen LogP contribution >= 0.6 is 11.6 Å². The van der Waals surface area contributed by atoms with Crippen molar-refractivity contribution in [3.05, 3.63) is 34.1 Å². The highest BCUT2D eigenvalue weighted by atomic mass is 35.5. The van der Waals surface area contributed by atoms with Crippen LogP contribution in [0.4, 0.5) is 4.39 Å². The minimum absolute atomic E-state index is 0.187. The highest BCUT2D eigenvalue weighted by Gasteiger charge is 2.16. The molecule has 0 aromatic heterocycles. The summed E-state index contributed by atoms with van der Waals surface area (Å²) in [4.78, 5) is 0. The summed E-state index contributed by atoms with van der Waals surface area (Å²) in [5, 5.41) is 3.73. The summed E-state index contributed by atoms with van der Waals surface area (Å²) in [7, 11) is 1.90. The lowest BCUT2D eigenvalue weighted by molar-refractivity contribution is 0.456. The van der Waals surface area contributed by atoms with E-state index in [1.807, 2.05) is 13.1 Å². The number of hydrogen-bond acceptors (Lipinski definition) is 1. The van der Waals surface area contributed by atoms with Crippen molar-refractivity contribution < 1.29 is 4.39 Å². The van der Waals surface area contributed by atoms with Crippen molar-refractivity contribution in [1.82, 2.24) is 5.32 Å². The summed E-state index contributed by atoms with van der Waals surface area (Å²) in [5.74, 6) is 0.326. The van der Waals surface area contributed by atoms with E-state index in [1.165, 1.54) is 6.07 Å². The van der Waals surface area contributed by atoms with Gasteiger partial charge in [-0.05, 0) is 43.5 Å². The molecule has 1 atom stereocenters. The maximum atomic E-state index is 13.3. The Morgan fingerprint density at radius 3 is 2.50 bits per heavy atom. The topological polar surface area (TPSA) is 12.0 Å². The Kier molecular flexibility index (Phi) is 4.75. The molecular weight excluding hydrogens is 225 g/mol. The fraction of sp³-hybridized carbons (Fsp3) is 0.538. The first-order chi connectivity index (χ1) is 7.45. The van der Waals surface area contributed by atoms with Gasteiger partial charge in [0.05, 0.1) is 0 Å². The first kappa shape index (κ1) is 13.5. The van der Waals surface area contributed by atoms with Crippen LogP contribution in [0.2, 0.25) is 5.02 Å². The van der Waals surface area contributed by atoms with Gasteiger partial charge in [-0.2, -0.15) is 0 Å². The quantitative estimate of drug-likeness (QED) is 0.840. The fourth-order valence-corrected chi connectivity index (χ4v) is 2.10. The largest absolute Gasteiger partial charge is 0.313 e. The van der Waals surface area contributed by atoms with Gasteiger partial charge in [0.1, 0.15) is 5.82 Å². The Morgan fingerprint density at radius 2 is 2.00 bits per heavy atom. The molecule has 0 radical (unpaired) electrons. The van der Waals surface area contributed by atoms with Crippen LogP contribution < -0.4 is 5.32 Å². The van der Waals surface area contributed by atoms with Gasteiger partial charge in [0.15, 0.2) is 0 Å². The monoisotopic (exact) mass is 243 g/mol. The second-order valence-electron chi connectivity index (χ2n) is 4.59. The van der Waals surface area contributed by atoms with Crippen LogP contribution in [0.25, 0.3) is 0 Å². The van der Waals surface area contributed by atoms with Crippen LogP contribution in [0.5, 0.6) is 0 Å². The molecule has 1 N–H and O–H groups in total. The van der Waals surface area contributed by atoms with Crippen LogP contribution in [-0.4, -0.2) is 7.05 Å². The van der Waals surface area contributed by atoms with E-state index in [-0.39, 0.29) is 11.9 Å². The van der Waals surface area contributed by atoms with Crippen molar-refractivity contribution in [3.63, 3.8) is 0 Å². The zero-order chi connectivity index (χ0) is 12.3. The van der Waals surface area contributed by atoms with E-state index in [2.05, 4.69) is 19.2 Å². The highest BCUT2D eigenvalue weighted by molar-refractivity contribution is 6.31. The Morgan fingerprint density at radius 1 is 1.38 bits per heavy atom. The summed E-state index contributed by atoms with van der Waals surface area (Å²) in [6.07, 6.45) is 0.987. The van der Waals surface area contributed by atoms with Crippen LogP contribution in [-0.2, 0) is 0 Å². The number of nitrogens with one attached hydrogen (secondary N) is 1. The van der Waals surface area contributed by atoms with Crippen molar-refractivity contribution in [2.75, 3.05) is 7.05 Å². The van der Waals surface area contributed by atoms with Crippen molar-refractivity contribution in [1.29, 1.82) is 0 Å². The molecule has 0 bridgehead atoms. The molecule has 0 saturated carbocycles. The van der Waals surface area contributed by atoms with Crippen LogP contribution in [0.1, 0.15) is 37.4 Å². The van der Waals surface area contributed by atoms with Crippen LogP contribution in [0.15, 0.2) is 12.1 Å². The van der Waals surface area contributed by atoms with Gasteiger partial charge in [0, 0.05) is 11.1 Å². The Hall–Kier alpha value is -0.600. The molecule has 0 spiro atoms. The van der Waals surface area contributed by atoms with Gasteiger partial charge in [-0.15, -0.1) is 0 Å². The predicted molar refractivity (Wildman–Crippen MR) is 67.4 cm³/mol. The Bertz CT molecular complexity index is 363. The third-order valence-electron chi connectivity index (χ3n) is 2.71. The molecule has 1 aromatic carbocycles. The molecule has 0 heterocycles.